The Morgan fingerprint density at radius 3 is 2.74 bits per heavy atom. The van der Waals surface area contributed by atoms with Crippen molar-refractivity contribution in [1.29, 1.82) is 0 Å². The number of carbonyl (C=O) groups excluding carboxylic acids is 2. The third-order valence-electron chi connectivity index (χ3n) is 3.13. The predicted molar refractivity (Wildman–Crippen MR) is 89.5 cm³/mol. The monoisotopic (exact) mass is 312 g/mol. The highest BCUT2D eigenvalue weighted by Gasteiger charge is 2.07. The summed E-state index contributed by atoms with van der Waals surface area (Å²) >= 11 is 0. The highest BCUT2D eigenvalue weighted by molar-refractivity contribution is 5.92. The Hall–Kier alpha value is -2.82. The lowest BCUT2D eigenvalue weighted by molar-refractivity contribution is -0.119. The molecular weight excluding hydrogens is 292 g/mol. The molecule has 0 radical (unpaired) electrons. The van der Waals surface area contributed by atoms with Crippen LogP contribution in [0.4, 0.5) is 5.69 Å². The Morgan fingerprint density at radius 1 is 1.22 bits per heavy atom. The zero-order valence-electron chi connectivity index (χ0n) is 13.2. The highest BCUT2D eigenvalue weighted by atomic mass is 16.3. The van der Waals surface area contributed by atoms with Crippen LogP contribution in [0.3, 0.4) is 0 Å². The molecule has 1 aromatic heterocycles. The highest BCUT2D eigenvalue weighted by Crippen LogP contribution is 2.12. The maximum atomic E-state index is 11.8. The molecule has 0 fully saturated rings. The van der Waals surface area contributed by atoms with E-state index < -0.39 is 0 Å². The lowest BCUT2D eigenvalue weighted by atomic mass is 10.1. The standard InChI is InChI=1S/C18H20N2O3/c1-13(2)18(22)20-15-6-3-5-14(11-15)12-19-17(21)9-8-16-7-4-10-23-16/h3-11,13H,12H2,1-2H3,(H,19,21)(H,20,22). The van der Waals surface area contributed by atoms with Gasteiger partial charge in [-0.15, -0.1) is 0 Å². The molecule has 2 amide bonds. The van der Waals surface area contributed by atoms with Gasteiger partial charge < -0.3 is 15.1 Å². The molecule has 0 atom stereocenters. The van der Waals surface area contributed by atoms with Crippen molar-refractivity contribution in [3.05, 3.63) is 60.1 Å². The van der Waals surface area contributed by atoms with Crippen LogP contribution in [0.15, 0.2) is 53.2 Å². The average molecular weight is 312 g/mol. The number of anilines is 1. The molecule has 0 aliphatic heterocycles. The third kappa shape index (κ3) is 5.47. The second-order valence-electron chi connectivity index (χ2n) is 5.41. The molecule has 2 rings (SSSR count). The number of amides is 2. The molecule has 5 heteroatoms. The van der Waals surface area contributed by atoms with Crippen LogP contribution >= 0.6 is 0 Å². The molecule has 0 unspecified atom stereocenters. The van der Waals surface area contributed by atoms with Crippen molar-refractivity contribution >= 4 is 23.6 Å². The molecule has 0 saturated heterocycles. The number of carbonyl (C=O) groups is 2. The topological polar surface area (TPSA) is 71.3 Å². The van der Waals surface area contributed by atoms with Gasteiger partial charge in [-0.05, 0) is 35.9 Å². The van der Waals surface area contributed by atoms with Gasteiger partial charge in [-0.3, -0.25) is 9.59 Å². The van der Waals surface area contributed by atoms with E-state index in [2.05, 4.69) is 10.6 Å². The smallest absolute Gasteiger partial charge is 0.244 e. The summed E-state index contributed by atoms with van der Waals surface area (Å²) in [6.45, 7) is 4.06. The van der Waals surface area contributed by atoms with Crippen LogP contribution < -0.4 is 10.6 Å². The van der Waals surface area contributed by atoms with Crippen molar-refractivity contribution in [2.75, 3.05) is 5.32 Å². The molecule has 0 spiro atoms. The SMILES string of the molecule is CC(C)C(=O)Nc1cccc(CNC(=O)C=Cc2ccco2)c1. The number of nitrogens with one attached hydrogen (secondary N) is 2. The van der Waals surface area contributed by atoms with Gasteiger partial charge in [0, 0.05) is 24.2 Å². The number of hydrogen-bond acceptors (Lipinski definition) is 3. The fourth-order valence-electron chi connectivity index (χ4n) is 1.84. The summed E-state index contributed by atoms with van der Waals surface area (Å²) in [7, 11) is 0. The molecule has 2 aromatic rings. The maximum absolute atomic E-state index is 11.8. The summed E-state index contributed by atoms with van der Waals surface area (Å²) in [5.74, 6) is 0.300. The van der Waals surface area contributed by atoms with E-state index in [0.29, 0.717) is 12.3 Å². The molecule has 0 aliphatic carbocycles. The lowest BCUT2D eigenvalue weighted by Gasteiger charge is -2.09. The van der Waals surface area contributed by atoms with Crippen LogP contribution in [0, 0.1) is 5.92 Å². The first-order chi connectivity index (χ1) is 11.0. The van der Waals surface area contributed by atoms with Gasteiger partial charge >= 0.3 is 0 Å². The normalized spacial score (nSPS) is 10.9. The van der Waals surface area contributed by atoms with E-state index in [4.69, 9.17) is 4.42 Å². The van der Waals surface area contributed by atoms with Crippen LogP contribution in [0.25, 0.3) is 6.08 Å². The summed E-state index contributed by atoms with van der Waals surface area (Å²) in [5.41, 5.74) is 1.63. The van der Waals surface area contributed by atoms with E-state index in [0.717, 1.165) is 11.3 Å². The summed E-state index contributed by atoms with van der Waals surface area (Å²) in [4.78, 5) is 23.4. The van der Waals surface area contributed by atoms with E-state index in [-0.39, 0.29) is 17.7 Å². The molecule has 1 aromatic carbocycles. The number of rotatable bonds is 6. The van der Waals surface area contributed by atoms with E-state index in [9.17, 15) is 9.59 Å². The van der Waals surface area contributed by atoms with Gasteiger partial charge in [0.1, 0.15) is 5.76 Å². The molecule has 23 heavy (non-hydrogen) atoms. The quantitative estimate of drug-likeness (QED) is 0.805. The van der Waals surface area contributed by atoms with Crippen molar-refractivity contribution in [2.45, 2.75) is 20.4 Å². The molecule has 1 heterocycles. The van der Waals surface area contributed by atoms with Crippen molar-refractivity contribution in [3.8, 4) is 0 Å². The Balaban J connectivity index is 1.88. The number of hydrogen-bond donors (Lipinski definition) is 2. The van der Waals surface area contributed by atoms with E-state index in [1.54, 1.807) is 24.5 Å². The van der Waals surface area contributed by atoms with Gasteiger partial charge in [-0.25, -0.2) is 0 Å². The minimum atomic E-state index is -0.210. The first-order valence-corrected chi connectivity index (χ1v) is 7.44. The largest absolute Gasteiger partial charge is 0.465 e. The van der Waals surface area contributed by atoms with Crippen LogP contribution in [-0.4, -0.2) is 11.8 Å². The van der Waals surface area contributed by atoms with E-state index in [1.165, 1.54) is 6.08 Å². The van der Waals surface area contributed by atoms with E-state index >= 15 is 0 Å². The molecule has 2 N–H and O–H groups in total. The second-order valence-corrected chi connectivity index (χ2v) is 5.41. The first-order valence-electron chi connectivity index (χ1n) is 7.44. The zero-order chi connectivity index (χ0) is 16.7. The molecule has 0 saturated carbocycles. The van der Waals surface area contributed by atoms with Gasteiger partial charge in [0.15, 0.2) is 0 Å². The second kappa shape index (κ2) is 7.98. The molecule has 0 bridgehead atoms. The van der Waals surface area contributed by atoms with Crippen molar-refractivity contribution in [2.24, 2.45) is 5.92 Å². The van der Waals surface area contributed by atoms with Gasteiger partial charge in [-0.2, -0.15) is 0 Å². The Bertz CT molecular complexity index is 688. The van der Waals surface area contributed by atoms with Crippen molar-refractivity contribution < 1.29 is 14.0 Å². The van der Waals surface area contributed by atoms with Gasteiger partial charge in [0.25, 0.3) is 0 Å². The fourth-order valence-corrected chi connectivity index (χ4v) is 1.84. The Morgan fingerprint density at radius 2 is 2.04 bits per heavy atom. The van der Waals surface area contributed by atoms with Gasteiger partial charge in [0.2, 0.25) is 11.8 Å². The summed E-state index contributed by atoms with van der Waals surface area (Å²) in [6.07, 6.45) is 4.58. The number of benzene rings is 1. The molecule has 0 aliphatic rings. The minimum absolute atomic E-state index is 0.0347. The summed E-state index contributed by atoms with van der Waals surface area (Å²) in [6, 6.07) is 10.9. The molecule has 120 valence electrons. The van der Waals surface area contributed by atoms with Crippen LogP contribution in [0.1, 0.15) is 25.2 Å². The Labute approximate surface area is 135 Å². The van der Waals surface area contributed by atoms with Crippen LogP contribution in [0.2, 0.25) is 0 Å². The maximum Gasteiger partial charge on any atom is 0.244 e. The Kier molecular flexibility index (Phi) is 5.74. The average Bonchev–Trinajstić information content (AvgIpc) is 3.04. The van der Waals surface area contributed by atoms with Crippen molar-refractivity contribution in [3.63, 3.8) is 0 Å². The van der Waals surface area contributed by atoms with E-state index in [1.807, 2.05) is 38.1 Å². The van der Waals surface area contributed by atoms with Gasteiger partial charge in [-0.1, -0.05) is 26.0 Å². The summed E-state index contributed by atoms with van der Waals surface area (Å²) < 4.78 is 5.11. The minimum Gasteiger partial charge on any atom is -0.465 e. The van der Waals surface area contributed by atoms with Crippen molar-refractivity contribution in [1.82, 2.24) is 5.32 Å². The fraction of sp³-hybridized carbons (Fsp3) is 0.222. The van der Waals surface area contributed by atoms with Gasteiger partial charge in [0.05, 0.1) is 6.26 Å². The third-order valence-corrected chi connectivity index (χ3v) is 3.13. The zero-order valence-corrected chi connectivity index (χ0v) is 13.2. The molecule has 5 nitrogen and oxygen atoms in total. The lowest BCUT2D eigenvalue weighted by Crippen LogP contribution is -2.21. The number of furan rings is 1. The first kappa shape index (κ1) is 16.5. The van der Waals surface area contributed by atoms with Crippen LogP contribution in [-0.2, 0) is 16.1 Å². The summed E-state index contributed by atoms with van der Waals surface area (Å²) in [5, 5.41) is 5.62. The predicted octanol–water partition coefficient (Wildman–Crippen LogP) is 3.20. The van der Waals surface area contributed by atoms with Crippen LogP contribution in [0.5, 0.6) is 0 Å². The molecular formula is C18H20N2O3.